The SMILES string of the molecule is CN=C1NC(=O)S/C1=C\C1=NC(Cc2ccc(OC(C)C)cc2C(F)(F)F)N=C1. The Morgan fingerprint density at radius 1 is 1.38 bits per heavy atom. The van der Waals surface area contributed by atoms with E-state index in [0.29, 0.717) is 16.5 Å². The van der Waals surface area contributed by atoms with Gasteiger partial charge in [0.1, 0.15) is 17.8 Å². The van der Waals surface area contributed by atoms with Crippen molar-refractivity contribution in [1.82, 2.24) is 5.32 Å². The number of thioether (sulfide) groups is 1. The third-order valence-corrected chi connectivity index (χ3v) is 4.82. The van der Waals surface area contributed by atoms with E-state index < -0.39 is 17.9 Å². The molecule has 2 heterocycles. The first-order valence-corrected chi connectivity index (χ1v) is 9.63. The second kappa shape index (κ2) is 8.40. The number of hydrogen-bond donors (Lipinski definition) is 1. The predicted molar refractivity (Wildman–Crippen MR) is 108 cm³/mol. The second-order valence-electron chi connectivity index (χ2n) is 6.60. The van der Waals surface area contributed by atoms with Crippen molar-refractivity contribution in [3.8, 4) is 5.75 Å². The summed E-state index contributed by atoms with van der Waals surface area (Å²) in [5.74, 6) is 0.598. The number of carbonyl (C=O) groups excluding carboxylic acids is 1. The quantitative estimate of drug-likeness (QED) is 0.768. The summed E-state index contributed by atoms with van der Waals surface area (Å²) in [6, 6.07) is 3.93. The minimum Gasteiger partial charge on any atom is -0.491 e. The minimum absolute atomic E-state index is 0.000969. The molecule has 1 atom stereocenters. The van der Waals surface area contributed by atoms with E-state index in [1.54, 1.807) is 27.0 Å². The number of amidine groups is 1. The number of amides is 1. The Morgan fingerprint density at radius 3 is 2.79 bits per heavy atom. The lowest BCUT2D eigenvalue weighted by Gasteiger charge is -2.17. The molecule has 154 valence electrons. The highest BCUT2D eigenvalue weighted by atomic mass is 32.2. The van der Waals surface area contributed by atoms with Gasteiger partial charge in [-0.1, -0.05) is 6.07 Å². The van der Waals surface area contributed by atoms with Crippen LogP contribution in [0.2, 0.25) is 0 Å². The van der Waals surface area contributed by atoms with Gasteiger partial charge >= 0.3 is 6.18 Å². The Hall–Kier alpha value is -2.62. The van der Waals surface area contributed by atoms with E-state index in [1.165, 1.54) is 18.3 Å². The second-order valence-corrected chi connectivity index (χ2v) is 7.61. The highest BCUT2D eigenvalue weighted by Gasteiger charge is 2.34. The molecule has 10 heteroatoms. The van der Waals surface area contributed by atoms with Crippen molar-refractivity contribution in [2.75, 3.05) is 7.05 Å². The van der Waals surface area contributed by atoms with Gasteiger partial charge in [-0.2, -0.15) is 13.2 Å². The number of nitrogens with zero attached hydrogens (tertiary/aromatic N) is 3. The van der Waals surface area contributed by atoms with Gasteiger partial charge in [-0.3, -0.25) is 19.8 Å². The van der Waals surface area contributed by atoms with Crippen molar-refractivity contribution in [3.05, 3.63) is 40.3 Å². The monoisotopic (exact) mass is 424 g/mol. The Balaban J connectivity index is 1.80. The minimum atomic E-state index is -4.51. The van der Waals surface area contributed by atoms with Gasteiger partial charge in [0.2, 0.25) is 0 Å². The number of carbonyl (C=O) groups is 1. The highest BCUT2D eigenvalue weighted by molar-refractivity contribution is 8.18. The van der Waals surface area contributed by atoms with Crippen LogP contribution in [0.15, 0.2) is 44.2 Å². The maximum absolute atomic E-state index is 13.5. The molecule has 0 aromatic heterocycles. The summed E-state index contributed by atoms with van der Waals surface area (Å²) in [6.07, 6.45) is -2.29. The summed E-state index contributed by atoms with van der Waals surface area (Å²) in [4.78, 5) is 24.6. The lowest BCUT2D eigenvalue weighted by Crippen LogP contribution is -2.18. The van der Waals surface area contributed by atoms with Crippen molar-refractivity contribution in [3.63, 3.8) is 0 Å². The van der Waals surface area contributed by atoms with E-state index in [-0.39, 0.29) is 29.1 Å². The molecule has 1 fully saturated rings. The molecule has 1 aromatic carbocycles. The number of hydrogen-bond acceptors (Lipinski definition) is 6. The molecule has 0 aliphatic carbocycles. The van der Waals surface area contributed by atoms with E-state index in [4.69, 9.17) is 4.74 Å². The van der Waals surface area contributed by atoms with Crippen LogP contribution in [-0.4, -0.2) is 42.3 Å². The molecule has 1 N–H and O–H groups in total. The van der Waals surface area contributed by atoms with Gasteiger partial charge < -0.3 is 10.1 Å². The van der Waals surface area contributed by atoms with E-state index >= 15 is 0 Å². The molecule has 1 unspecified atom stereocenters. The van der Waals surface area contributed by atoms with Crippen LogP contribution >= 0.6 is 11.8 Å². The summed E-state index contributed by atoms with van der Waals surface area (Å²) in [7, 11) is 1.55. The van der Waals surface area contributed by atoms with Crippen molar-refractivity contribution in [2.45, 2.75) is 38.7 Å². The van der Waals surface area contributed by atoms with Gasteiger partial charge in [0.05, 0.1) is 22.3 Å². The zero-order valence-electron chi connectivity index (χ0n) is 15.9. The van der Waals surface area contributed by atoms with Crippen molar-refractivity contribution < 1.29 is 22.7 Å². The van der Waals surface area contributed by atoms with Crippen molar-refractivity contribution in [1.29, 1.82) is 0 Å². The normalized spacial score (nSPS) is 22.0. The Bertz CT molecular complexity index is 936. The van der Waals surface area contributed by atoms with E-state index in [1.807, 2.05) is 0 Å². The van der Waals surface area contributed by atoms with Gasteiger partial charge in [0.25, 0.3) is 5.24 Å². The molecule has 0 saturated carbocycles. The smallest absolute Gasteiger partial charge is 0.416 e. The van der Waals surface area contributed by atoms with Crippen molar-refractivity contribution in [2.24, 2.45) is 15.0 Å². The third kappa shape index (κ3) is 5.26. The molecule has 0 radical (unpaired) electrons. The number of nitrogens with one attached hydrogen (secondary N) is 1. The van der Waals surface area contributed by atoms with Crippen LogP contribution in [0.5, 0.6) is 5.75 Å². The first kappa shape index (κ1) is 21.1. The average Bonchev–Trinajstić information content (AvgIpc) is 3.21. The molecule has 1 saturated heterocycles. The number of rotatable bonds is 5. The van der Waals surface area contributed by atoms with Gasteiger partial charge in [0.15, 0.2) is 0 Å². The fourth-order valence-electron chi connectivity index (χ4n) is 2.84. The molecule has 3 rings (SSSR count). The lowest BCUT2D eigenvalue weighted by atomic mass is 10.0. The summed E-state index contributed by atoms with van der Waals surface area (Å²) in [6.45, 7) is 3.50. The van der Waals surface area contributed by atoms with Crippen LogP contribution in [0.1, 0.15) is 25.0 Å². The highest BCUT2D eigenvalue weighted by Crippen LogP contribution is 2.35. The topological polar surface area (TPSA) is 75.4 Å². The van der Waals surface area contributed by atoms with Crippen LogP contribution in [-0.2, 0) is 12.6 Å². The fraction of sp³-hybridized carbons (Fsp3) is 0.368. The standard InChI is InChI=1S/C19H19F3N4O2S/c1-10(2)28-13-5-4-11(14(8-13)19(20,21)22)6-16-24-9-12(25-16)7-15-17(23-3)26-18(27)29-15/h4-5,7-10,16H,6H2,1-3H3,(H,23,26,27)/b15-7-. The predicted octanol–water partition coefficient (Wildman–Crippen LogP) is 4.26. The van der Waals surface area contributed by atoms with Crippen LogP contribution in [0, 0.1) is 0 Å². The maximum Gasteiger partial charge on any atom is 0.416 e. The van der Waals surface area contributed by atoms with E-state index in [0.717, 1.165) is 17.8 Å². The molecule has 2 aliphatic heterocycles. The molecule has 1 aromatic rings. The average molecular weight is 424 g/mol. The zero-order chi connectivity index (χ0) is 21.2. The van der Waals surface area contributed by atoms with Crippen LogP contribution in [0.25, 0.3) is 0 Å². The summed E-state index contributed by atoms with van der Waals surface area (Å²) < 4.78 is 45.9. The first-order valence-electron chi connectivity index (χ1n) is 8.81. The Labute approximate surface area is 170 Å². The molecule has 2 aliphatic rings. The van der Waals surface area contributed by atoms with E-state index in [9.17, 15) is 18.0 Å². The number of aliphatic imine (C=N–C) groups is 3. The zero-order valence-corrected chi connectivity index (χ0v) is 16.8. The Morgan fingerprint density at radius 2 is 2.14 bits per heavy atom. The maximum atomic E-state index is 13.5. The van der Waals surface area contributed by atoms with Crippen molar-refractivity contribution >= 4 is 34.8 Å². The number of ether oxygens (including phenoxy) is 1. The number of halogens is 3. The Kier molecular flexibility index (Phi) is 6.11. The van der Waals surface area contributed by atoms with Gasteiger partial charge in [-0.05, 0) is 49.4 Å². The third-order valence-electron chi connectivity index (χ3n) is 4.00. The lowest BCUT2D eigenvalue weighted by molar-refractivity contribution is -0.138. The summed E-state index contributed by atoms with van der Waals surface area (Å²) in [5.41, 5.74) is -0.186. The van der Waals surface area contributed by atoms with Gasteiger partial charge in [-0.15, -0.1) is 0 Å². The number of benzene rings is 1. The van der Waals surface area contributed by atoms with Crippen LogP contribution in [0.4, 0.5) is 18.0 Å². The molecular formula is C19H19F3N4O2S. The molecule has 6 nitrogen and oxygen atoms in total. The van der Waals surface area contributed by atoms with Crippen LogP contribution in [0.3, 0.4) is 0 Å². The van der Waals surface area contributed by atoms with E-state index in [2.05, 4.69) is 20.3 Å². The number of alkyl halides is 3. The van der Waals surface area contributed by atoms with Gasteiger partial charge in [0, 0.05) is 19.7 Å². The fourth-order valence-corrected chi connectivity index (χ4v) is 3.61. The molecular weight excluding hydrogens is 405 g/mol. The van der Waals surface area contributed by atoms with Crippen LogP contribution < -0.4 is 10.1 Å². The molecule has 29 heavy (non-hydrogen) atoms. The van der Waals surface area contributed by atoms with Gasteiger partial charge in [-0.25, -0.2) is 0 Å². The summed E-state index contributed by atoms with van der Waals surface area (Å²) >= 11 is 0.978. The summed E-state index contributed by atoms with van der Waals surface area (Å²) in [5, 5.41) is 2.34. The number of allylic oxidation sites excluding steroid dienone is 1. The first-order chi connectivity index (χ1) is 13.7. The molecule has 0 bridgehead atoms. The molecule has 0 spiro atoms. The molecule has 1 amide bonds. The largest absolute Gasteiger partial charge is 0.491 e.